The van der Waals surface area contributed by atoms with Crippen molar-refractivity contribution >= 4 is 18.4 Å². The second-order valence-electron chi connectivity index (χ2n) is 7.39. The highest BCUT2D eigenvalue weighted by Gasteiger charge is 2.34. The minimum absolute atomic E-state index is 0. The fourth-order valence-corrected chi connectivity index (χ4v) is 3.73. The van der Waals surface area contributed by atoms with E-state index in [9.17, 15) is 4.79 Å². The molecule has 6 heteroatoms. The van der Waals surface area contributed by atoms with Gasteiger partial charge >= 0.3 is 5.97 Å². The molecule has 29 heavy (non-hydrogen) atoms. The second-order valence-corrected chi connectivity index (χ2v) is 7.39. The predicted molar refractivity (Wildman–Crippen MR) is 116 cm³/mol. The van der Waals surface area contributed by atoms with Crippen LogP contribution in [0.25, 0.3) is 0 Å². The van der Waals surface area contributed by atoms with Gasteiger partial charge in [-0.25, -0.2) is 0 Å². The molecule has 0 spiro atoms. The van der Waals surface area contributed by atoms with Gasteiger partial charge in [-0.15, -0.1) is 12.4 Å². The van der Waals surface area contributed by atoms with Crippen LogP contribution in [0, 0.1) is 5.92 Å². The molecule has 0 saturated carbocycles. The Balaban J connectivity index is 0.00000300. The van der Waals surface area contributed by atoms with Crippen molar-refractivity contribution in [2.45, 2.75) is 50.9 Å². The molecule has 1 saturated heterocycles. The fourth-order valence-electron chi connectivity index (χ4n) is 3.73. The van der Waals surface area contributed by atoms with Crippen molar-refractivity contribution in [3.63, 3.8) is 0 Å². The van der Waals surface area contributed by atoms with E-state index in [-0.39, 0.29) is 36.5 Å². The summed E-state index contributed by atoms with van der Waals surface area (Å²) >= 11 is 0. The Hall–Kier alpha value is -2.24. The van der Waals surface area contributed by atoms with Gasteiger partial charge in [-0.2, -0.15) is 0 Å². The zero-order valence-electron chi connectivity index (χ0n) is 17.0. The molecule has 0 aromatic heterocycles. The summed E-state index contributed by atoms with van der Waals surface area (Å²) in [5.41, 5.74) is 7.18. The quantitative estimate of drug-likeness (QED) is 0.736. The zero-order chi connectivity index (χ0) is 19.9. The van der Waals surface area contributed by atoms with Gasteiger partial charge in [0.2, 0.25) is 0 Å². The van der Waals surface area contributed by atoms with Gasteiger partial charge in [0, 0.05) is 5.92 Å². The Morgan fingerprint density at radius 1 is 1.03 bits per heavy atom. The van der Waals surface area contributed by atoms with Gasteiger partial charge in [0.1, 0.15) is 29.7 Å². The molecule has 1 aliphatic heterocycles. The van der Waals surface area contributed by atoms with Crippen LogP contribution in [0.3, 0.4) is 0 Å². The summed E-state index contributed by atoms with van der Waals surface area (Å²) in [5, 5.41) is 0. The molecule has 0 aliphatic carbocycles. The van der Waals surface area contributed by atoms with Gasteiger partial charge in [-0.1, -0.05) is 36.8 Å². The van der Waals surface area contributed by atoms with Crippen LogP contribution in [0.2, 0.25) is 0 Å². The molecule has 3 rings (SSSR count). The number of halogens is 1. The minimum atomic E-state index is -0.570. The van der Waals surface area contributed by atoms with Crippen LogP contribution in [0.1, 0.15) is 31.7 Å². The lowest BCUT2D eigenvalue weighted by Gasteiger charge is -2.31. The Labute approximate surface area is 178 Å². The molecule has 1 heterocycles. The number of ether oxygens (including phenoxy) is 3. The van der Waals surface area contributed by atoms with Gasteiger partial charge in [0.05, 0.1) is 7.11 Å². The van der Waals surface area contributed by atoms with E-state index in [4.69, 9.17) is 19.9 Å². The van der Waals surface area contributed by atoms with Crippen LogP contribution < -0.4 is 15.2 Å². The lowest BCUT2D eigenvalue weighted by molar-refractivity contribution is -0.155. The van der Waals surface area contributed by atoms with Gasteiger partial charge in [0.15, 0.2) is 0 Å². The average Bonchev–Trinajstić information content (AvgIpc) is 2.76. The van der Waals surface area contributed by atoms with E-state index >= 15 is 0 Å². The van der Waals surface area contributed by atoms with Gasteiger partial charge in [-0.3, -0.25) is 4.79 Å². The van der Waals surface area contributed by atoms with Gasteiger partial charge in [-0.05, 0) is 56.0 Å². The number of benzene rings is 2. The molecule has 0 bridgehead atoms. The van der Waals surface area contributed by atoms with Crippen LogP contribution in [0.15, 0.2) is 54.6 Å². The maximum absolute atomic E-state index is 12.2. The molecule has 158 valence electrons. The number of carbonyl (C=O) groups is 1. The minimum Gasteiger partial charge on any atom is -0.497 e. The number of nitrogens with two attached hydrogens (primary N) is 1. The molecule has 4 atom stereocenters. The maximum atomic E-state index is 12.2. The smallest absolute Gasteiger partial charge is 0.323 e. The monoisotopic (exact) mass is 419 g/mol. The number of rotatable bonds is 5. The average molecular weight is 420 g/mol. The molecular formula is C23H30ClNO4. The molecule has 5 nitrogen and oxygen atoms in total. The molecule has 0 radical (unpaired) electrons. The van der Waals surface area contributed by atoms with Gasteiger partial charge in [0.25, 0.3) is 0 Å². The molecular weight excluding hydrogens is 390 g/mol. The largest absolute Gasteiger partial charge is 0.497 e. The Kier molecular flexibility index (Phi) is 8.80. The van der Waals surface area contributed by atoms with Crippen molar-refractivity contribution in [3.05, 3.63) is 60.2 Å². The molecule has 2 N–H and O–H groups in total. The number of para-hydroxylation sites is 1. The van der Waals surface area contributed by atoms with E-state index in [1.54, 1.807) is 7.11 Å². The highest BCUT2D eigenvalue weighted by Crippen LogP contribution is 2.29. The van der Waals surface area contributed by atoms with Crippen LogP contribution in [0.4, 0.5) is 0 Å². The maximum Gasteiger partial charge on any atom is 0.323 e. The molecule has 2 aromatic rings. The predicted octanol–water partition coefficient (Wildman–Crippen LogP) is 4.17. The van der Waals surface area contributed by atoms with E-state index in [0.29, 0.717) is 6.42 Å². The van der Waals surface area contributed by atoms with E-state index in [0.717, 1.165) is 30.8 Å². The highest BCUT2D eigenvalue weighted by molar-refractivity contribution is 5.85. The molecule has 1 aliphatic rings. The molecule has 2 aromatic carbocycles. The fraction of sp³-hybridized carbons (Fsp3) is 0.435. The third-order valence-electron chi connectivity index (χ3n) is 5.29. The number of cyclic esters (lactones) is 1. The summed E-state index contributed by atoms with van der Waals surface area (Å²) in [6.45, 7) is 1.89. The normalized spacial score (nSPS) is 24.9. The topological polar surface area (TPSA) is 70.8 Å². The van der Waals surface area contributed by atoms with Crippen LogP contribution in [-0.2, 0) is 16.0 Å². The highest BCUT2D eigenvalue weighted by atomic mass is 35.5. The van der Waals surface area contributed by atoms with E-state index in [1.165, 1.54) is 5.56 Å². The van der Waals surface area contributed by atoms with Crippen molar-refractivity contribution in [2.24, 2.45) is 11.7 Å². The first-order chi connectivity index (χ1) is 13.6. The van der Waals surface area contributed by atoms with Gasteiger partial charge < -0.3 is 19.9 Å². The third-order valence-corrected chi connectivity index (χ3v) is 5.29. The number of hydrogen-bond acceptors (Lipinski definition) is 5. The summed E-state index contributed by atoms with van der Waals surface area (Å²) in [6.07, 6.45) is 2.59. The second kappa shape index (κ2) is 11.1. The summed E-state index contributed by atoms with van der Waals surface area (Å²) in [7, 11) is 1.66. The van der Waals surface area contributed by atoms with E-state index in [2.05, 4.69) is 12.1 Å². The number of carbonyl (C=O) groups excluding carboxylic acids is 1. The summed E-state index contributed by atoms with van der Waals surface area (Å²) in [6, 6.07) is 17.2. The third kappa shape index (κ3) is 6.38. The Morgan fingerprint density at radius 3 is 2.38 bits per heavy atom. The first kappa shape index (κ1) is 23.0. The van der Waals surface area contributed by atoms with Crippen molar-refractivity contribution in [3.8, 4) is 11.5 Å². The number of hydrogen-bond donors (Lipinski definition) is 1. The molecule has 0 amide bonds. The summed E-state index contributed by atoms with van der Waals surface area (Å²) in [4.78, 5) is 12.2. The van der Waals surface area contributed by atoms with E-state index < -0.39 is 6.04 Å². The zero-order valence-corrected chi connectivity index (χ0v) is 17.8. The van der Waals surface area contributed by atoms with E-state index in [1.807, 2.05) is 49.4 Å². The molecule has 0 unspecified atom stereocenters. The van der Waals surface area contributed by atoms with Crippen molar-refractivity contribution in [1.29, 1.82) is 0 Å². The first-order valence-corrected chi connectivity index (χ1v) is 9.87. The lowest BCUT2D eigenvalue weighted by atomic mass is 9.86. The van der Waals surface area contributed by atoms with Crippen molar-refractivity contribution in [2.75, 3.05) is 7.11 Å². The van der Waals surface area contributed by atoms with Crippen LogP contribution >= 0.6 is 12.4 Å². The number of esters is 1. The first-order valence-electron chi connectivity index (χ1n) is 9.87. The van der Waals surface area contributed by atoms with Crippen molar-refractivity contribution < 1.29 is 19.0 Å². The Morgan fingerprint density at radius 2 is 1.72 bits per heavy atom. The van der Waals surface area contributed by atoms with Crippen LogP contribution in [-0.4, -0.2) is 31.3 Å². The van der Waals surface area contributed by atoms with Crippen molar-refractivity contribution in [1.82, 2.24) is 0 Å². The molecule has 1 fully saturated rings. The Bertz CT molecular complexity index is 753. The standard InChI is InChI=1S/C23H29NO4.ClH/c1-16-22(28-20-8-4-3-5-9-20)18(7-6-10-21(24)23(25)27-16)15-17-11-13-19(26-2)14-12-17;/h3-5,8-9,11-14,16,18,21-22H,6-7,10,15,24H2,1-2H3;1H/t16-,18+,21-,22-;/m0./s1. The van der Waals surface area contributed by atoms with Crippen LogP contribution in [0.5, 0.6) is 11.5 Å². The number of methoxy groups -OCH3 is 1. The lowest BCUT2D eigenvalue weighted by Crippen LogP contribution is -2.42. The summed E-state index contributed by atoms with van der Waals surface area (Å²) < 4.78 is 17.2. The SMILES string of the molecule is COc1ccc(C[C@H]2CCC[C@H](N)C(=O)O[C@@H](C)[C@@H]2Oc2ccccc2)cc1.Cl. The summed E-state index contributed by atoms with van der Waals surface area (Å²) in [5.74, 6) is 1.46.